The summed E-state index contributed by atoms with van der Waals surface area (Å²) in [6.07, 6.45) is 0.739. The van der Waals surface area contributed by atoms with Gasteiger partial charge in [-0.15, -0.1) is 0 Å². The van der Waals surface area contributed by atoms with Crippen LogP contribution in [0.2, 0.25) is 0 Å². The lowest BCUT2D eigenvalue weighted by Gasteiger charge is -2.13. The molecule has 0 aliphatic rings. The molecule has 70 valence electrons. The van der Waals surface area contributed by atoms with E-state index >= 15 is 0 Å². The van der Waals surface area contributed by atoms with E-state index in [-0.39, 0.29) is 5.78 Å². The van der Waals surface area contributed by atoms with Crippen molar-refractivity contribution in [2.24, 2.45) is 0 Å². The molecule has 0 bridgehead atoms. The van der Waals surface area contributed by atoms with Crippen molar-refractivity contribution in [1.29, 1.82) is 0 Å². The Hall–Kier alpha value is -1.03. The Bertz CT molecular complexity index is 326. The average molecular weight is 195 g/mol. The lowest BCUT2D eigenvalue weighted by atomic mass is 10.2. The number of hydrogen-bond donors (Lipinski definition) is 0. The maximum atomic E-state index is 11.1. The zero-order valence-electron chi connectivity index (χ0n) is 7.92. The molecule has 0 spiro atoms. The highest BCUT2D eigenvalue weighted by Crippen LogP contribution is 2.11. The minimum atomic E-state index is -0.0647. The average Bonchev–Trinajstić information content (AvgIpc) is 2.02. The van der Waals surface area contributed by atoms with Crippen LogP contribution < -0.4 is 0 Å². The maximum Gasteiger partial charge on any atom is 0.161 e. The van der Waals surface area contributed by atoms with Crippen LogP contribution in [0.1, 0.15) is 35.7 Å². The molecule has 0 aliphatic carbocycles. The van der Waals surface area contributed by atoms with Crippen LogP contribution in [0.25, 0.3) is 0 Å². The fraction of sp³-hybridized carbons (Fsp3) is 0.444. The second kappa shape index (κ2) is 3.79. The highest BCUT2D eigenvalue weighted by atomic mass is 32.1. The third-order valence-corrected chi connectivity index (χ3v) is 2.07. The summed E-state index contributed by atoms with van der Waals surface area (Å²) in [7, 11) is 0. The number of aryl methyl sites for hydroxylation is 2. The molecule has 1 aromatic rings. The number of nitrogens with zero attached hydrogens (tertiary/aromatic N) is 2. The number of aromatic nitrogens is 2. The molecule has 0 N–H and O–H groups in total. The molecule has 0 saturated heterocycles. The third-order valence-electron chi connectivity index (χ3n) is 1.77. The number of ketones is 1. The van der Waals surface area contributed by atoms with E-state index in [4.69, 9.17) is 12.6 Å². The van der Waals surface area contributed by atoms with E-state index in [1.54, 1.807) is 6.92 Å². The summed E-state index contributed by atoms with van der Waals surface area (Å²) >= 11 is 5.00. The number of Topliss-reactive ketones (excluding diaryl/α,β-unsaturated/α-hetero) is 1. The minimum Gasteiger partial charge on any atom is -0.759 e. The van der Waals surface area contributed by atoms with Gasteiger partial charge in [-0.2, -0.15) is 0 Å². The molecule has 0 aromatic carbocycles. The second-order valence-corrected chi connectivity index (χ2v) is 3.20. The van der Waals surface area contributed by atoms with E-state index in [9.17, 15) is 4.79 Å². The van der Waals surface area contributed by atoms with Crippen LogP contribution in [0.15, 0.2) is 5.03 Å². The summed E-state index contributed by atoms with van der Waals surface area (Å²) in [5, 5.41) is 0.372. The normalized spacial score (nSPS) is 10.1. The molecule has 4 heteroatoms. The molecule has 1 rings (SSSR count). The molecule has 0 unspecified atom stereocenters. The number of carbonyl (C=O) groups excluding carboxylic acids is 1. The lowest BCUT2D eigenvalue weighted by Crippen LogP contribution is -2.07. The van der Waals surface area contributed by atoms with Crippen LogP contribution in [-0.4, -0.2) is 15.8 Å². The topological polar surface area (TPSA) is 42.9 Å². The molecule has 13 heavy (non-hydrogen) atoms. The minimum absolute atomic E-state index is 0.0647. The summed E-state index contributed by atoms with van der Waals surface area (Å²) in [4.78, 5) is 19.4. The molecule has 0 radical (unpaired) electrons. The van der Waals surface area contributed by atoms with Crippen molar-refractivity contribution in [3.8, 4) is 0 Å². The quantitative estimate of drug-likeness (QED) is 0.407. The van der Waals surface area contributed by atoms with Gasteiger partial charge in [0.2, 0.25) is 0 Å². The van der Waals surface area contributed by atoms with Gasteiger partial charge in [-0.05, 0) is 13.8 Å². The van der Waals surface area contributed by atoms with Crippen LogP contribution in [0.4, 0.5) is 0 Å². The van der Waals surface area contributed by atoms with Gasteiger partial charge in [-0.3, -0.25) is 9.78 Å². The summed E-state index contributed by atoms with van der Waals surface area (Å²) in [6, 6.07) is 0. The monoisotopic (exact) mass is 195 g/mol. The zero-order chi connectivity index (χ0) is 10.0. The maximum absolute atomic E-state index is 11.1. The van der Waals surface area contributed by atoms with Gasteiger partial charge in [0.05, 0.1) is 5.69 Å². The van der Waals surface area contributed by atoms with E-state index in [0.717, 1.165) is 6.42 Å². The van der Waals surface area contributed by atoms with E-state index in [1.807, 2.05) is 6.92 Å². The van der Waals surface area contributed by atoms with Crippen molar-refractivity contribution < 1.29 is 4.79 Å². The molecule has 1 aromatic heterocycles. The third kappa shape index (κ3) is 2.01. The van der Waals surface area contributed by atoms with Crippen LogP contribution in [0.5, 0.6) is 0 Å². The largest absolute Gasteiger partial charge is 0.759 e. The van der Waals surface area contributed by atoms with Crippen molar-refractivity contribution in [3.05, 3.63) is 17.1 Å². The summed E-state index contributed by atoms with van der Waals surface area (Å²) < 4.78 is 0. The Morgan fingerprint density at radius 3 is 2.46 bits per heavy atom. The molecule has 0 aliphatic heterocycles. The molecule has 3 nitrogen and oxygen atoms in total. The first-order valence-electron chi connectivity index (χ1n) is 4.11. The van der Waals surface area contributed by atoms with Crippen molar-refractivity contribution >= 4 is 18.4 Å². The SMILES string of the molecule is CCc1nc(C)c(C(C)=O)c([S-])n1. The van der Waals surface area contributed by atoms with Gasteiger partial charge >= 0.3 is 0 Å². The van der Waals surface area contributed by atoms with Crippen LogP contribution in [0.3, 0.4) is 0 Å². The van der Waals surface area contributed by atoms with Gasteiger partial charge < -0.3 is 12.6 Å². The van der Waals surface area contributed by atoms with Gasteiger partial charge in [-0.1, -0.05) is 11.9 Å². The Balaban J connectivity index is 3.31. The number of carbonyl (C=O) groups is 1. The van der Waals surface area contributed by atoms with E-state index in [1.165, 1.54) is 6.92 Å². The van der Waals surface area contributed by atoms with Crippen molar-refractivity contribution in [2.75, 3.05) is 0 Å². The van der Waals surface area contributed by atoms with Gasteiger partial charge in [0.15, 0.2) is 5.78 Å². The standard InChI is InChI=1S/C9H12N2OS/c1-4-7-10-5(2)8(6(3)12)9(13)11-7/h4H2,1-3H3,(H,10,11,13)/p-1. The summed E-state index contributed by atoms with van der Waals surface area (Å²) in [6.45, 7) is 5.22. The van der Waals surface area contributed by atoms with Gasteiger partial charge in [-0.25, -0.2) is 4.98 Å². The highest BCUT2D eigenvalue weighted by Gasteiger charge is 2.07. The van der Waals surface area contributed by atoms with Gasteiger partial charge in [0, 0.05) is 12.0 Å². The zero-order valence-corrected chi connectivity index (χ0v) is 8.73. The Labute approximate surface area is 83.0 Å². The van der Waals surface area contributed by atoms with Crippen LogP contribution in [0, 0.1) is 6.92 Å². The van der Waals surface area contributed by atoms with Gasteiger partial charge in [0.1, 0.15) is 5.82 Å². The van der Waals surface area contributed by atoms with E-state index in [2.05, 4.69) is 9.97 Å². The number of hydrogen-bond acceptors (Lipinski definition) is 4. The molecular formula is C9H11N2OS-. The Kier molecular flexibility index (Phi) is 2.93. The molecule has 0 atom stereocenters. The Morgan fingerprint density at radius 1 is 1.46 bits per heavy atom. The highest BCUT2D eigenvalue weighted by molar-refractivity contribution is 7.58. The molecule has 0 amide bonds. The molecule has 0 fully saturated rings. The summed E-state index contributed by atoms with van der Waals surface area (Å²) in [5.74, 6) is 0.637. The lowest BCUT2D eigenvalue weighted by molar-refractivity contribution is 0.101. The van der Waals surface area contributed by atoms with E-state index in [0.29, 0.717) is 22.1 Å². The van der Waals surface area contributed by atoms with Crippen molar-refractivity contribution in [1.82, 2.24) is 9.97 Å². The Morgan fingerprint density at radius 2 is 2.08 bits per heavy atom. The van der Waals surface area contributed by atoms with Crippen molar-refractivity contribution in [2.45, 2.75) is 32.2 Å². The number of rotatable bonds is 2. The van der Waals surface area contributed by atoms with Crippen molar-refractivity contribution in [3.63, 3.8) is 0 Å². The molecule has 0 saturated carbocycles. The van der Waals surface area contributed by atoms with Crippen LogP contribution in [-0.2, 0) is 19.0 Å². The van der Waals surface area contributed by atoms with E-state index < -0.39 is 0 Å². The molecule has 1 heterocycles. The first-order valence-corrected chi connectivity index (χ1v) is 4.52. The first-order chi connectivity index (χ1) is 6.06. The van der Waals surface area contributed by atoms with Crippen LogP contribution >= 0.6 is 0 Å². The smallest absolute Gasteiger partial charge is 0.161 e. The fourth-order valence-corrected chi connectivity index (χ4v) is 1.56. The fourth-order valence-electron chi connectivity index (χ4n) is 1.17. The predicted molar refractivity (Wildman–Crippen MR) is 51.8 cm³/mol. The summed E-state index contributed by atoms with van der Waals surface area (Å²) in [5.41, 5.74) is 1.16. The van der Waals surface area contributed by atoms with Gasteiger partial charge in [0.25, 0.3) is 0 Å². The second-order valence-electron chi connectivity index (χ2n) is 2.82. The predicted octanol–water partition coefficient (Wildman–Crippen LogP) is 1.46. The molecular weight excluding hydrogens is 184 g/mol. The first kappa shape index (κ1) is 10.1.